The predicted octanol–water partition coefficient (Wildman–Crippen LogP) is 4.02. The van der Waals surface area contributed by atoms with Gasteiger partial charge in [0.1, 0.15) is 0 Å². The van der Waals surface area contributed by atoms with Gasteiger partial charge in [-0.15, -0.1) is 0 Å². The first-order chi connectivity index (χ1) is 15.3. The summed E-state index contributed by atoms with van der Waals surface area (Å²) in [6.07, 6.45) is -0.476. The van der Waals surface area contributed by atoms with Crippen LogP contribution in [0.15, 0.2) is 91.0 Å². The number of hydrogen-bond acceptors (Lipinski definition) is 4. The Morgan fingerprint density at radius 1 is 0.677 bits per heavy atom. The van der Waals surface area contributed by atoms with E-state index >= 15 is 0 Å². The minimum Gasteiger partial charge on any atom is -0.389 e. The predicted molar refractivity (Wildman–Crippen MR) is 127 cm³/mol. The lowest BCUT2D eigenvalue weighted by Gasteiger charge is -2.36. The normalized spacial score (nSPS) is 15.9. The number of nitrogens with zero attached hydrogens (tertiary/aromatic N) is 2. The van der Waals surface area contributed by atoms with E-state index in [4.69, 9.17) is 4.74 Å². The van der Waals surface area contributed by atoms with Crippen LogP contribution in [-0.2, 0) is 4.74 Å². The van der Waals surface area contributed by atoms with Crippen molar-refractivity contribution in [3.05, 3.63) is 102 Å². The minimum absolute atomic E-state index is 0.170. The zero-order valence-corrected chi connectivity index (χ0v) is 18.0. The maximum Gasteiger partial charge on any atom is 0.0900 e. The summed E-state index contributed by atoms with van der Waals surface area (Å²) in [5, 5.41) is 10.6. The van der Waals surface area contributed by atoms with Crippen LogP contribution in [0.2, 0.25) is 0 Å². The van der Waals surface area contributed by atoms with Gasteiger partial charge in [-0.25, -0.2) is 0 Å². The van der Waals surface area contributed by atoms with Crippen molar-refractivity contribution in [2.45, 2.75) is 12.0 Å². The Morgan fingerprint density at radius 2 is 1.19 bits per heavy atom. The Kier molecular flexibility index (Phi) is 7.72. The summed E-state index contributed by atoms with van der Waals surface area (Å²) in [5.41, 5.74) is 3.75. The van der Waals surface area contributed by atoms with Crippen LogP contribution in [0.5, 0.6) is 0 Å². The Labute approximate surface area is 185 Å². The first-order valence-corrected chi connectivity index (χ1v) is 11.2. The number of aliphatic hydroxyl groups is 1. The molecule has 1 heterocycles. The van der Waals surface area contributed by atoms with Crippen molar-refractivity contribution < 1.29 is 9.84 Å². The van der Waals surface area contributed by atoms with Gasteiger partial charge in [0.25, 0.3) is 0 Å². The molecular weight excluding hydrogens is 384 g/mol. The van der Waals surface area contributed by atoms with Crippen LogP contribution in [-0.4, -0.2) is 62.0 Å². The summed E-state index contributed by atoms with van der Waals surface area (Å²) >= 11 is 0. The van der Waals surface area contributed by atoms with Crippen molar-refractivity contribution in [3.63, 3.8) is 0 Å². The number of benzene rings is 3. The second-order valence-corrected chi connectivity index (χ2v) is 8.19. The third-order valence-electron chi connectivity index (χ3n) is 5.96. The second kappa shape index (κ2) is 11.1. The quantitative estimate of drug-likeness (QED) is 0.572. The standard InChI is InChI=1S/C27H32N2O2/c30-26(20-28-16-18-29(19-17-28)25-14-8-3-9-15-25)21-31-22-27(23-10-4-1-5-11-23)24-12-6-2-7-13-24/h1-15,26-27,30H,16-22H2. The van der Waals surface area contributed by atoms with Gasteiger partial charge in [-0.05, 0) is 23.3 Å². The van der Waals surface area contributed by atoms with Crippen LogP contribution < -0.4 is 4.90 Å². The van der Waals surface area contributed by atoms with Crippen LogP contribution in [0.4, 0.5) is 5.69 Å². The van der Waals surface area contributed by atoms with Crippen LogP contribution >= 0.6 is 0 Å². The molecule has 1 atom stereocenters. The maximum atomic E-state index is 10.6. The highest BCUT2D eigenvalue weighted by Gasteiger charge is 2.20. The van der Waals surface area contributed by atoms with Crippen molar-refractivity contribution in [1.29, 1.82) is 0 Å². The fraction of sp³-hybridized carbons (Fsp3) is 0.333. The van der Waals surface area contributed by atoms with Gasteiger partial charge in [-0.1, -0.05) is 78.9 Å². The number of anilines is 1. The molecule has 1 aliphatic rings. The summed E-state index contributed by atoms with van der Waals surface area (Å²) in [6.45, 7) is 5.47. The lowest BCUT2D eigenvalue weighted by Crippen LogP contribution is -2.49. The topological polar surface area (TPSA) is 35.9 Å². The molecule has 0 amide bonds. The van der Waals surface area contributed by atoms with Gasteiger partial charge >= 0.3 is 0 Å². The molecule has 1 N–H and O–H groups in total. The summed E-state index contributed by atoms with van der Waals surface area (Å²) in [5.74, 6) is 0.170. The molecule has 0 radical (unpaired) electrons. The molecule has 0 bridgehead atoms. The van der Waals surface area contributed by atoms with E-state index in [9.17, 15) is 5.11 Å². The van der Waals surface area contributed by atoms with Gasteiger partial charge < -0.3 is 14.7 Å². The first-order valence-electron chi connectivity index (χ1n) is 11.2. The van der Waals surface area contributed by atoms with Crippen molar-refractivity contribution in [2.75, 3.05) is 50.8 Å². The van der Waals surface area contributed by atoms with E-state index in [-0.39, 0.29) is 5.92 Å². The van der Waals surface area contributed by atoms with Crippen LogP contribution in [0.1, 0.15) is 17.0 Å². The molecule has 4 heteroatoms. The van der Waals surface area contributed by atoms with Crippen LogP contribution in [0.3, 0.4) is 0 Å². The largest absolute Gasteiger partial charge is 0.389 e. The number of rotatable bonds is 9. The summed E-state index contributed by atoms with van der Waals surface area (Å²) in [7, 11) is 0. The maximum absolute atomic E-state index is 10.6. The second-order valence-electron chi connectivity index (χ2n) is 8.19. The molecule has 162 valence electrons. The highest BCUT2D eigenvalue weighted by Crippen LogP contribution is 2.25. The first kappa shape index (κ1) is 21.6. The van der Waals surface area contributed by atoms with Gasteiger partial charge in [0.2, 0.25) is 0 Å². The van der Waals surface area contributed by atoms with Gasteiger partial charge in [0, 0.05) is 44.3 Å². The summed E-state index contributed by atoms with van der Waals surface area (Å²) < 4.78 is 6.01. The molecular formula is C27H32N2O2. The molecule has 1 aliphatic heterocycles. The van der Waals surface area contributed by atoms with E-state index in [1.54, 1.807) is 0 Å². The number of aliphatic hydroxyl groups excluding tert-OH is 1. The third-order valence-corrected chi connectivity index (χ3v) is 5.96. The molecule has 3 aromatic carbocycles. The highest BCUT2D eigenvalue weighted by molar-refractivity contribution is 5.46. The Balaban J connectivity index is 1.24. The van der Waals surface area contributed by atoms with E-state index in [2.05, 4.69) is 88.7 Å². The molecule has 0 spiro atoms. The van der Waals surface area contributed by atoms with Crippen molar-refractivity contribution in [3.8, 4) is 0 Å². The van der Waals surface area contributed by atoms with Crippen LogP contribution in [0.25, 0.3) is 0 Å². The SMILES string of the molecule is OC(COCC(c1ccccc1)c1ccccc1)CN1CCN(c2ccccc2)CC1. The molecule has 0 saturated carbocycles. The van der Waals surface area contributed by atoms with Gasteiger partial charge in [-0.3, -0.25) is 4.90 Å². The van der Waals surface area contributed by atoms with E-state index < -0.39 is 6.10 Å². The van der Waals surface area contributed by atoms with E-state index in [0.29, 0.717) is 19.8 Å². The van der Waals surface area contributed by atoms with Gasteiger partial charge in [0.05, 0.1) is 19.3 Å². The van der Waals surface area contributed by atoms with Crippen molar-refractivity contribution in [1.82, 2.24) is 4.90 Å². The van der Waals surface area contributed by atoms with Crippen molar-refractivity contribution >= 4 is 5.69 Å². The number of para-hydroxylation sites is 1. The molecule has 0 aromatic heterocycles. The van der Waals surface area contributed by atoms with Gasteiger partial charge in [0.15, 0.2) is 0 Å². The fourth-order valence-electron chi connectivity index (χ4n) is 4.26. The van der Waals surface area contributed by atoms with Crippen LogP contribution in [0, 0.1) is 0 Å². The van der Waals surface area contributed by atoms with E-state index in [1.807, 2.05) is 12.1 Å². The molecule has 31 heavy (non-hydrogen) atoms. The molecule has 4 rings (SSSR count). The highest BCUT2D eigenvalue weighted by atomic mass is 16.5. The zero-order chi connectivity index (χ0) is 21.3. The molecule has 1 fully saturated rings. The number of ether oxygens (including phenoxy) is 1. The smallest absolute Gasteiger partial charge is 0.0900 e. The monoisotopic (exact) mass is 416 g/mol. The number of hydrogen-bond donors (Lipinski definition) is 1. The molecule has 0 aliphatic carbocycles. The lowest BCUT2D eigenvalue weighted by atomic mass is 9.92. The Bertz CT molecular complexity index is 841. The molecule has 3 aromatic rings. The molecule has 1 saturated heterocycles. The number of piperazine rings is 1. The minimum atomic E-state index is -0.476. The van der Waals surface area contributed by atoms with E-state index in [0.717, 1.165) is 26.2 Å². The van der Waals surface area contributed by atoms with Crippen molar-refractivity contribution in [2.24, 2.45) is 0 Å². The summed E-state index contributed by atoms with van der Waals surface area (Å²) in [4.78, 5) is 4.74. The average molecular weight is 417 g/mol. The average Bonchev–Trinajstić information content (AvgIpc) is 2.84. The fourth-order valence-corrected chi connectivity index (χ4v) is 4.26. The lowest BCUT2D eigenvalue weighted by molar-refractivity contribution is 0.0136. The third kappa shape index (κ3) is 6.17. The van der Waals surface area contributed by atoms with E-state index in [1.165, 1.54) is 16.8 Å². The zero-order valence-electron chi connectivity index (χ0n) is 18.0. The Morgan fingerprint density at radius 3 is 1.74 bits per heavy atom. The Hall–Kier alpha value is -2.66. The summed E-state index contributed by atoms with van der Waals surface area (Å²) in [6, 6.07) is 31.4. The number of β-amino-alcohol motifs (C(OH)–C–C–N with tert-alkyl or cyclic N) is 1. The molecule has 4 nitrogen and oxygen atoms in total. The molecule has 1 unspecified atom stereocenters. The van der Waals surface area contributed by atoms with Gasteiger partial charge in [-0.2, -0.15) is 0 Å².